The molecule has 0 aliphatic heterocycles. The summed E-state index contributed by atoms with van der Waals surface area (Å²) in [6, 6.07) is 6.90. The molecule has 0 saturated heterocycles. The van der Waals surface area contributed by atoms with Crippen molar-refractivity contribution in [2.24, 2.45) is 17.3 Å². The summed E-state index contributed by atoms with van der Waals surface area (Å²) >= 11 is 6.06. The van der Waals surface area contributed by atoms with E-state index in [0.717, 1.165) is 24.8 Å². The van der Waals surface area contributed by atoms with Crippen LogP contribution in [-0.2, 0) is 4.74 Å². The van der Waals surface area contributed by atoms with Crippen molar-refractivity contribution in [1.29, 1.82) is 0 Å². The number of halogens is 1. The van der Waals surface area contributed by atoms with Gasteiger partial charge in [0, 0.05) is 0 Å². The van der Waals surface area contributed by atoms with Crippen LogP contribution in [0, 0.1) is 17.3 Å². The van der Waals surface area contributed by atoms with Crippen LogP contribution in [-0.4, -0.2) is 12.6 Å². The van der Waals surface area contributed by atoms with Crippen LogP contribution in [0.3, 0.4) is 0 Å². The fourth-order valence-electron chi connectivity index (χ4n) is 3.62. The molecule has 0 amide bonds. The van der Waals surface area contributed by atoms with E-state index in [9.17, 15) is 4.79 Å². The van der Waals surface area contributed by atoms with Gasteiger partial charge in [-0.2, -0.15) is 0 Å². The lowest BCUT2D eigenvalue weighted by Crippen LogP contribution is -2.35. The molecule has 3 atom stereocenters. The summed E-state index contributed by atoms with van der Waals surface area (Å²) in [6.07, 6.45) is 5.14. The molecule has 0 N–H and O–H groups in total. The maximum Gasteiger partial charge on any atom is 0.339 e. The number of hydrogen-bond acceptors (Lipinski definition) is 2. The van der Waals surface area contributed by atoms with Gasteiger partial charge < -0.3 is 4.74 Å². The summed E-state index contributed by atoms with van der Waals surface area (Å²) < 4.78 is 5.48. The molecule has 0 bridgehead atoms. The lowest BCUT2D eigenvalue weighted by molar-refractivity contribution is 0.0509. The standard InChI is InChI=1S/C22H27ClO2/c1-6-22(5)12-11-17(15(2)3)13-19(22)16(4)14-25-21(24)18-9-7-8-10-20(18)23/h6-10,17,19H,1-2,4,11-14H2,3,5H3/t17-,19+,22-/m1/s1. The molecule has 0 spiro atoms. The molecule has 1 fully saturated rings. The number of carbonyl (C=O) groups excluding carboxylic acids is 1. The minimum atomic E-state index is -0.417. The minimum absolute atomic E-state index is 0.0279. The van der Waals surface area contributed by atoms with Crippen LogP contribution in [0.5, 0.6) is 0 Å². The SMILES string of the molecule is C=C[C@]1(C)CC[C@@H](C(=C)C)C[C@H]1C(=C)COC(=O)c1ccccc1Cl. The van der Waals surface area contributed by atoms with Crippen LogP contribution in [0.15, 0.2) is 61.2 Å². The molecule has 0 heterocycles. The Bertz CT molecular complexity index is 691. The van der Waals surface area contributed by atoms with E-state index in [2.05, 4.69) is 33.6 Å². The highest BCUT2D eigenvalue weighted by Crippen LogP contribution is 2.48. The van der Waals surface area contributed by atoms with Crippen molar-refractivity contribution in [3.05, 3.63) is 71.8 Å². The predicted molar refractivity (Wildman–Crippen MR) is 105 cm³/mol. The fourth-order valence-corrected chi connectivity index (χ4v) is 3.83. The molecule has 3 heteroatoms. The van der Waals surface area contributed by atoms with E-state index in [1.54, 1.807) is 24.3 Å². The summed E-state index contributed by atoms with van der Waals surface area (Å²) in [6.45, 7) is 16.8. The Labute approximate surface area is 156 Å². The summed E-state index contributed by atoms with van der Waals surface area (Å²) in [5.41, 5.74) is 2.48. The number of allylic oxidation sites excluding steroid dienone is 2. The third-order valence-corrected chi connectivity index (χ3v) is 5.82. The quantitative estimate of drug-likeness (QED) is 0.444. The highest BCUT2D eigenvalue weighted by atomic mass is 35.5. The molecule has 1 saturated carbocycles. The van der Waals surface area contributed by atoms with E-state index < -0.39 is 5.97 Å². The van der Waals surface area contributed by atoms with Crippen molar-refractivity contribution in [2.75, 3.05) is 6.61 Å². The summed E-state index contributed by atoms with van der Waals surface area (Å²) in [5, 5.41) is 0.397. The van der Waals surface area contributed by atoms with Crippen LogP contribution in [0.1, 0.15) is 43.5 Å². The topological polar surface area (TPSA) is 26.3 Å². The summed E-state index contributed by atoms with van der Waals surface area (Å²) in [4.78, 5) is 12.3. The van der Waals surface area contributed by atoms with Crippen LogP contribution in [0.25, 0.3) is 0 Å². The number of carbonyl (C=O) groups is 1. The van der Waals surface area contributed by atoms with Gasteiger partial charge in [0.05, 0.1) is 10.6 Å². The van der Waals surface area contributed by atoms with Crippen molar-refractivity contribution in [3.8, 4) is 0 Å². The van der Waals surface area contributed by atoms with Crippen LogP contribution in [0.4, 0.5) is 0 Å². The molecule has 0 radical (unpaired) electrons. The summed E-state index contributed by atoms with van der Waals surface area (Å²) in [7, 11) is 0. The lowest BCUT2D eigenvalue weighted by atomic mass is 9.61. The van der Waals surface area contributed by atoms with Gasteiger partial charge in [-0.15, -0.1) is 6.58 Å². The van der Waals surface area contributed by atoms with E-state index >= 15 is 0 Å². The highest BCUT2D eigenvalue weighted by molar-refractivity contribution is 6.33. The zero-order valence-electron chi connectivity index (χ0n) is 15.2. The van der Waals surface area contributed by atoms with Crippen molar-refractivity contribution < 1.29 is 9.53 Å². The van der Waals surface area contributed by atoms with E-state index in [1.165, 1.54) is 5.57 Å². The number of rotatable bonds is 6. The zero-order chi connectivity index (χ0) is 18.6. The Morgan fingerprint density at radius 2 is 2.08 bits per heavy atom. The molecule has 1 aliphatic carbocycles. The lowest BCUT2D eigenvalue weighted by Gasteiger charge is -2.44. The number of benzene rings is 1. The van der Waals surface area contributed by atoms with Crippen molar-refractivity contribution >= 4 is 17.6 Å². The second-order valence-electron chi connectivity index (χ2n) is 7.29. The number of esters is 1. The maximum absolute atomic E-state index is 12.3. The van der Waals surface area contributed by atoms with Crippen LogP contribution < -0.4 is 0 Å². The molecule has 1 aromatic rings. The van der Waals surface area contributed by atoms with Crippen LogP contribution >= 0.6 is 11.6 Å². The Morgan fingerprint density at radius 1 is 1.40 bits per heavy atom. The predicted octanol–water partition coefficient (Wildman–Crippen LogP) is 6.24. The highest BCUT2D eigenvalue weighted by Gasteiger charge is 2.39. The zero-order valence-corrected chi connectivity index (χ0v) is 15.9. The average Bonchev–Trinajstić information content (AvgIpc) is 2.59. The smallest absolute Gasteiger partial charge is 0.339 e. The van der Waals surface area contributed by atoms with E-state index in [-0.39, 0.29) is 17.9 Å². The van der Waals surface area contributed by atoms with Crippen molar-refractivity contribution in [1.82, 2.24) is 0 Å². The number of ether oxygens (including phenoxy) is 1. The molecule has 2 nitrogen and oxygen atoms in total. The molecular weight excluding hydrogens is 332 g/mol. The second kappa shape index (κ2) is 8.05. The monoisotopic (exact) mass is 358 g/mol. The minimum Gasteiger partial charge on any atom is -0.458 e. The third-order valence-electron chi connectivity index (χ3n) is 5.49. The van der Waals surface area contributed by atoms with Crippen molar-refractivity contribution in [3.63, 3.8) is 0 Å². The first-order valence-electron chi connectivity index (χ1n) is 8.67. The van der Waals surface area contributed by atoms with Gasteiger partial charge in [0.2, 0.25) is 0 Å². The normalized spacial score (nSPS) is 25.9. The molecule has 1 aliphatic rings. The van der Waals surface area contributed by atoms with Gasteiger partial charge in [-0.1, -0.05) is 55.5 Å². The van der Waals surface area contributed by atoms with Gasteiger partial charge in [0.25, 0.3) is 0 Å². The Kier molecular flexibility index (Phi) is 6.29. The maximum atomic E-state index is 12.3. The first kappa shape index (κ1) is 19.5. The Hall–Kier alpha value is -1.80. The summed E-state index contributed by atoms with van der Waals surface area (Å²) in [5.74, 6) is 0.285. The van der Waals surface area contributed by atoms with Gasteiger partial charge in [-0.05, 0) is 61.1 Å². The van der Waals surface area contributed by atoms with E-state index in [4.69, 9.17) is 16.3 Å². The molecule has 1 aromatic carbocycles. The second-order valence-corrected chi connectivity index (χ2v) is 7.70. The fraction of sp³-hybridized carbons (Fsp3) is 0.409. The third kappa shape index (κ3) is 4.43. The first-order valence-corrected chi connectivity index (χ1v) is 9.04. The average molecular weight is 359 g/mol. The van der Waals surface area contributed by atoms with Crippen LogP contribution in [0.2, 0.25) is 5.02 Å². The molecule has 134 valence electrons. The Morgan fingerprint density at radius 3 is 2.68 bits per heavy atom. The first-order chi connectivity index (χ1) is 11.8. The van der Waals surface area contributed by atoms with Gasteiger partial charge in [-0.25, -0.2) is 4.79 Å². The largest absolute Gasteiger partial charge is 0.458 e. The van der Waals surface area contributed by atoms with E-state index in [0.29, 0.717) is 16.5 Å². The molecule has 2 rings (SSSR count). The van der Waals surface area contributed by atoms with E-state index in [1.807, 2.05) is 6.08 Å². The number of hydrogen-bond donors (Lipinski definition) is 0. The van der Waals surface area contributed by atoms with Crippen molar-refractivity contribution in [2.45, 2.75) is 33.1 Å². The molecule has 0 aromatic heterocycles. The van der Waals surface area contributed by atoms with Gasteiger partial charge in [-0.3, -0.25) is 0 Å². The van der Waals surface area contributed by atoms with Gasteiger partial charge in [0.15, 0.2) is 0 Å². The Balaban J connectivity index is 2.07. The van der Waals surface area contributed by atoms with Gasteiger partial charge in [0.1, 0.15) is 6.61 Å². The molecule has 0 unspecified atom stereocenters. The van der Waals surface area contributed by atoms with Gasteiger partial charge >= 0.3 is 5.97 Å². The molecule has 25 heavy (non-hydrogen) atoms. The molecular formula is C22H27ClO2.